The highest BCUT2D eigenvalue weighted by Crippen LogP contribution is 2.43. The number of hydrogen-bond donors (Lipinski definition) is 1. The van der Waals surface area contributed by atoms with Gasteiger partial charge in [0.1, 0.15) is 0 Å². The van der Waals surface area contributed by atoms with Gasteiger partial charge in [-0.15, -0.1) is 0 Å². The Morgan fingerprint density at radius 2 is 1.74 bits per heavy atom. The maximum Gasteiger partial charge on any atom is 0.418 e. The van der Waals surface area contributed by atoms with E-state index in [1.54, 1.807) is 0 Å². The SMILES string of the molecule is O=C(O)Cc1ccnc(-c2c(Cl)cc(Cl)cc2Cl)c1C(F)(F)F. The Morgan fingerprint density at radius 1 is 1.17 bits per heavy atom. The predicted octanol–water partition coefficient (Wildman–Crippen LogP) is 5.35. The van der Waals surface area contributed by atoms with E-state index in [-0.39, 0.29) is 20.6 Å². The summed E-state index contributed by atoms with van der Waals surface area (Å²) in [7, 11) is 0. The molecule has 0 saturated heterocycles. The first-order valence-electron chi connectivity index (χ1n) is 6.03. The molecule has 0 amide bonds. The molecule has 2 rings (SSSR count). The zero-order valence-corrected chi connectivity index (χ0v) is 13.4. The molecule has 0 spiro atoms. The molecule has 0 aliphatic carbocycles. The van der Waals surface area contributed by atoms with Crippen LogP contribution < -0.4 is 0 Å². The van der Waals surface area contributed by atoms with Crippen molar-refractivity contribution < 1.29 is 23.1 Å². The van der Waals surface area contributed by atoms with E-state index in [1.807, 2.05) is 0 Å². The van der Waals surface area contributed by atoms with Gasteiger partial charge >= 0.3 is 12.1 Å². The summed E-state index contributed by atoms with van der Waals surface area (Å²) in [5, 5.41) is 8.72. The summed E-state index contributed by atoms with van der Waals surface area (Å²) in [6.45, 7) is 0. The molecular formula is C14H7Cl3F3NO2. The predicted molar refractivity (Wildman–Crippen MR) is 81.0 cm³/mol. The molecule has 0 bridgehead atoms. The highest BCUT2D eigenvalue weighted by Gasteiger charge is 2.38. The van der Waals surface area contributed by atoms with Crippen molar-refractivity contribution in [1.29, 1.82) is 0 Å². The van der Waals surface area contributed by atoms with E-state index in [9.17, 15) is 18.0 Å². The zero-order valence-electron chi connectivity index (χ0n) is 11.1. The number of pyridine rings is 1. The van der Waals surface area contributed by atoms with Crippen LogP contribution in [-0.4, -0.2) is 16.1 Å². The molecule has 2 aromatic rings. The lowest BCUT2D eigenvalue weighted by molar-refractivity contribution is -0.139. The Morgan fingerprint density at radius 3 is 2.22 bits per heavy atom. The second-order valence-corrected chi connectivity index (χ2v) is 5.76. The first kappa shape index (κ1) is 17.8. The van der Waals surface area contributed by atoms with E-state index in [0.29, 0.717) is 0 Å². The van der Waals surface area contributed by atoms with Crippen molar-refractivity contribution in [3.8, 4) is 11.3 Å². The minimum absolute atomic E-state index is 0.118. The molecule has 0 saturated carbocycles. The molecule has 0 unspecified atom stereocenters. The smallest absolute Gasteiger partial charge is 0.418 e. The highest BCUT2D eigenvalue weighted by atomic mass is 35.5. The number of carboxylic acids is 1. The Hall–Kier alpha value is -1.50. The second-order valence-electron chi connectivity index (χ2n) is 4.51. The molecule has 1 heterocycles. The van der Waals surface area contributed by atoms with Gasteiger partial charge in [0.05, 0.1) is 27.7 Å². The van der Waals surface area contributed by atoms with Crippen LogP contribution in [0.15, 0.2) is 24.4 Å². The van der Waals surface area contributed by atoms with Crippen molar-refractivity contribution in [3.63, 3.8) is 0 Å². The van der Waals surface area contributed by atoms with Crippen LogP contribution in [0.3, 0.4) is 0 Å². The third-order valence-electron chi connectivity index (χ3n) is 2.91. The number of halogens is 6. The van der Waals surface area contributed by atoms with E-state index in [2.05, 4.69) is 4.98 Å². The fourth-order valence-electron chi connectivity index (χ4n) is 2.09. The number of benzene rings is 1. The Balaban J connectivity index is 2.80. The van der Waals surface area contributed by atoms with Crippen molar-refractivity contribution in [2.45, 2.75) is 12.6 Å². The molecule has 3 nitrogen and oxygen atoms in total. The number of aliphatic carboxylic acids is 1. The first-order valence-corrected chi connectivity index (χ1v) is 7.16. The number of rotatable bonds is 3. The first-order chi connectivity index (χ1) is 10.6. The van der Waals surface area contributed by atoms with Crippen LogP contribution in [0.2, 0.25) is 15.1 Å². The van der Waals surface area contributed by atoms with Crippen molar-refractivity contribution >= 4 is 40.8 Å². The quantitative estimate of drug-likeness (QED) is 0.775. The molecule has 0 fully saturated rings. The summed E-state index contributed by atoms with van der Waals surface area (Å²) >= 11 is 17.7. The third kappa shape index (κ3) is 3.88. The van der Waals surface area contributed by atoms with E-state index in [4.69, 9.17) is 39.9 Å². The van der Waals surface area contributed by atoms with Gasteiger partial charge in [-0.1, -0.05) is 34.8 Å². The van der Waals surface area contributed by atoms with Crippen molar-refractivity contribution in [2.24, 2.45) is 0 Å². The Kier molecular flexibility index (Phi) is 5.08. The van der Waals surface area contributed by atoms with E-state index >= 15 is 0 Å². The molecule has 9 heteroatoms. The summed E-state index contributed by atoms with van der Waals surface area (Å²) in [6, 6.07) is 3.46. The minimum atomic E-state index is -4.83. The van der Waals surface area contributed by atoms with Crippen LogP contribution in [0.25, 0.3) is 11.3 Å². The molecule has 1 aromatic heterocycles. The van der Waals surface area contributed by atoms with Crippen molar-refractivity contribution in [1.82, 2.24) is 4.98 Å². The number of carboxylic acid groups (broad SMARTS) is 1. The van der Waals surface area contributed by atoms with Gasteiger partial charge in [0.2, 0.25) is 0 Å². The minimum Gasteiger partial charge on any atom is -0.481 e. The largest absolute Gasteiger partial charge is 0.481 e. The summed E-state index contributed by atoms with van der Waals surface area (Å²) in [6.07, 6.45) is -4.57. The lowest BCUT2D eigenvalue weighted by Crippen LogP contribution is -2.15. The standard InChI is InChI=1S/C14H7Cl3F3NO2/c15-7-4-8(16)11(9(17)5-7)13-12(14(18,19)20)6(1-2-21-13)3-10(22)23/h1-2,4-5H,3H2,(H,22,23). The van der Waals surface area contributed by atoms with Gasteiger partial charge in [-0.25, -0.2) is 0 Å². The molecule has 1 N–H and O–H groups in total. The molecule has 122 valence electrons. The molecule has 0 radical (unpaired) electrons. The average Bonchev–Trinajstić information content (AvgIpc) is 2.35. The van der Waals surface area contributed by atoms with Gasteiger partial charge in [0.25, 0.3) is 0 Å². The molecule has 0 aliphatic heterocycles. The van der Waals surface area contributed by atoms with Gasteiger partial charge in [0, 0.05) is 16.8 Å². The fourth-order valence-corrected chi connectivity index (χ4v) is 3.08. The molecule has 1 aromatic carbocycles. The van der Waals surface area contributed by atoms with Crippen LogP contribution in [0, 0.1) is 0 Å². The van der Waals surface area contributed by atoms with Gasteiger partial charge in [-0.2, -0.15) is 13.2 Å². The van der Waals surface area contributed by atoms with E-state index in [0.717, 1.165) is 12.3 Å². The van der Waals surface area contributed by atoms with Crippen LogP contribution in [0.5, 0.6) is 0 Å². The van der Waals surface area contributed by atoms with Crippen molar-refractivity contribution in [2.75, 3.05) is 0 Å². The number of alkyl halides is 3. The van der Waals surface area contributed by atoms with Crippen LogP contribution in [0.4, 0.5) is 13.2 Å². The van der Waals surface area contributed by atoms with Gasteiger partial charge < -0.3 is 5.11 Å². The summed E-state index contributed by atoms with van der Waals surface area (Å²) < 4.78 is 40.3. The maximum atomic E-state index is 13.4. The van der Waals surface area contributed by atoms with Crippen molar-refractivity contribution in [3.05, 3.63) is 50.6 Å². The number of carbonyl (C=O) groups is 1. The van der Waals surface area contributed by atoms with Gasteiger partial charge in [0.15, 0.2) is 0 Å². The number of nitrogens with zero attached hydrogens (tertiary/aromatic N) is 1. The summed E-state index contributed by atoms with van der Waals surface area (Å²) in [5.41, 5.74) is -2.31. The normalized spacial score (nSPS) is 11.6. The maximum absolute atomic E-state index is 13.4. The molecule has 0 aliphatic rings. The molecular weight excluding hydrogens is 378 g/mol. The van der Waals surface area contributed by atoms with Crippen LogP contribution in [0.1, 0.15) is 11.1 Å². The zero-order chi connectivity index (χ0) is 17.4. The third-order valence-corrected chi connectivity index (χ3v) is 3.72. The monoisotopic (exact) mass is 383 g/mol. The lowest BCUT2D eigenvalue weighted by atomic mass is 9.98. The second kappa shape index (κ2) is 6.55. The van der Waals surface area contributed by atoms with Crippen LogP contribution >= 0.6 is 34.8 Å². The van der Waals surface area contributed by atoms with Gasteiger partial charge in [-0.3, -0.25) is 9.78 Å². The summed E-state index contributed by atoms with van der Waals surface area (Å²) in [5.74, 6) is -1.40. The average molecular weight is 385 g/mol. The lowest BCUT2D eigenvalue weighted by Gasteiger charge is -2.17. The highest BCUT2D eigenvalue weighted by molar-refractivity contribution is 6.41. The van der Waals surface area contributed by atoms with E-state index < -0.39 is 35.4 Å². The molecule has 0 atom stereocenters. The van der Waals surface area contributed by atoms with Gasteiger partial charge in [-0.05, 0) is 23.8 Å². The summed E-state index contributed by atoms with van der Waals surface area (Å²) in [4.78, 5) is 14.5. The fraction of sp³-hybridized carbons (Fsp3) is 0.143. The Bertz CT molecular complexity index is 755. The Labute approximate surface area is 143 Å². The number of hydrogen-bond acceptors (Lipinski definition) is 2. The number of aromatic nitrogens is 1. The molecule has 23 heavy (non-hydrogen) atoms. The van der Waals surface area contributed by atoms with E-state index in [1.165, 1.54) is 12.1 Å². The van der Waals surface area contributed by atoms with Crippen LogP contribution in [-0.2, 0) is 17.4 Å². The topological polar surface area (TPSA) is 50.2 Å².